The van der Waals surface area contributed by atoms with Gasteiger partial charge in [-0.15, -0.1) is 0 Å². The molecule has 1 saturated carbocycles. The maximum atomic E-state index is 5.82. The first kappa shape index (κ1) is 7.87. The molecule has 12 heavy (non-hydrogen) atoms. The number of hydrogen-bond donors (Lipinski definition) is 1. The molecular weight excluding hydrogens is 150 g/mol. The van der Waals surface area contributed by atoms with Gasteiger partial charge in [0.25, 0.3) is 0 Å². The van der Waals surface area contributed by atoms with E-state index in [0.29, 0.717) is 12.0 Å². The normalized spacial score (nSPS) is 30.4. The highest BCUT2D eigenvalue weighted by atomic mass is 16.3. The van der Waals surface area contributed by atoms with Crippen LogP contribution in [0.15, 0.2) is 22.8 Å². The van der Waals surface area contributed by atoms with Crippen LogP contribution in [0.2, 0.25) is 0 Å². The standard InChI is InChI=1S/C10H15NO/c11-9-5-3-8(4-6-9)10-2-1-7-12-10/h1-2,7-9H,3-6,11H2. The van der Waals surface area contributed by atoms with E-state index in [9.17, 15) is 0 Å². The third-order valence-corrected chi connectivity index (χ3v) is 2.72. The molecule has 1 aliphatic carbocycles. The van der Waals surface area contributed by atoms with Gasteiger partial charge in [-0.1, -0.05) is 0 Å². The van der Waals surface area contributed by atoms with E-state index in [4.69, 9.17) is 10.2 Å². The molecule has 2 rings (SSSR count). The fourth-order valence-electron chi connectivity index (χ4n) is 1.93. The Morgan fingerprint density at radius 2 is 2.00 bits per heavy atom. The first-order valence-electron chi connectivity index (χ1n) is 4.65. The average Bonchev–Trinajstić information content (AvgIpc) is 2.58. The maximum Gasteiger partial charge on any atom is 0.106 e. The van der Waals surface area contributed by atoms with Gasteiger partial charge in [0.15, 0.2) is 0 Å². The van der Waals surface area contributed by atoms with Crippen LogP contribution in [0.3, 0.4) is 0 Å². The lowest BCUT2D eigenvalue weighted by Gasteiger charge is -2.24. The van der Waals surface area contributed by atoms with Crippen LogP contribution in [-0.4, -0.2) is 6.04 Å². The highest BCUT2D eigenvalue weighted by Crippen LogP contribution is 2.32. The van der Waals surface area contributed by atoms with Crippen LogP contribution in [0.5, 0.6) is 0 Å². The molecule has 0 atom stereocenters. The van der Waals surface area contributed by atoms with Crippen molar-refractivity contribution in [2.24, 2.45) is 5.73 Å². The molecule has 1 fully saturated rings. The third kappa shape index (κ3) is 1.53. The van der Waals surface area contributed by atoms with Gasteiger partial charge in [0.05, 0.1) is 6.26 Å². The van der Waals surface area contributed by atoms with Gasteiger partial charge in [-0.05, 0) is 37.8 Å². The molecule has 2 nitrogen and oxygen atoms in total. The van der Waals surface area contributed by atoms with Crippen molar-refractivity contribution in [3.8, 4) is 0 Å². The summed E-state index contributed by atoms with van der Waals surface area (Å²) in [6.07, 6.45) is 6.42. The molecule has 2 N–H and O–H groups in total. The molecule has 66 valence electrons. The second-order valence-corrected chi connectivity index (χ2v) is 3.63. The summed E-state index contributed by atoms with van der Waals surface area (Å²) in [5.41, 5.74) is 5.82. The summed E-state index contributed by atoms with van der Waals surface area (Å²) in [5.74, 6) is 1.77. The Morgan fingerprint density at radius 3 is 2.58 bits per heavy atom. The van der Waals surface area contributed by atoms with Gasteiger partial charge in [0.2, 0.25) is 0 Å². The van der Waals surface area contributed by atoms with E-state index in [2.05, 4.69) is 6.07 Å². The van der Waals surface area contributed by atoms with Crippen LogP contribution in [-0.2, 0) is 0 Å². The fourth-order valence-corrected chi connectivity index (χ4v) is 1.93. The van der Waals surface area contributed by atoms with Crippen molar-refractivity contribution >= 4 is 0 Å². The van der Waals surface area contributed by atoms with Crippen molar-refractivity contribution in [1.82, 2.24) is 0 Å². The number of hydrogen-bond acceptors (Lipinski definition) is 2. The molecule has 0 aromatic carbocycles. The predicted octanol–water partition coefficient (Wildman–Crippen LogP) is 2.26. The summed E-state index contributed by atoms with van der Waals surface area (Å²) >= 11 is 0. The van der Waals surface area contributed by atoms with Crippen molar-refractivity contribution in [2.75, 3.05) is 0 Å². The lowest BCUT2D eigenvalue weighted by Crippen LogP contribution is -2.25. The minimum atomic E-state index is 0.427. The van der Waals surface area contributed by atoms with Crippen LogP contribution < -0.4 is 5.73 Å². The zero-order valence-corrected chi connectivity index (χ0v) is 7.20. The lowest BCUT2D eigenvalue weighted by molar-refractivity contribution is 0.348. The van der Waals surface area contributed by atoms with Crippen molar-refractivity contribution in [1.29, 1.82) is 0 Å². The minimum Gasteiger partial charge on any atom is -0.469 e. The Balaban J connectivity index is 1.99. The molecule has 0 radical (unpaired) electrons. The highest BCUT2D eigenvalue weighted by molar-refractivity contribution is 5.06. The molecule has 0 aliphatic heterocycles. The second-order valence-electron chi connectivity index (χ2n) is 3.63. The van der Waals surface area contributed by atoms with E-state index < -0.39 is 0 Å². The van der Waals surface area contributed by atoms with Gasteiger partial charge in [-0.3, -0.25) is 0 Å². The van der Waals surface area contributed by atoms with Gasteiger partial charge < -0.3 is 10.2 Å². The Morgan fingerprint density at radius 1 is 1.25 bits per heavy atom. The quantitative estimate of drug-likeness (QED) is 0.693. The van der Waals surface area contributed by atoms with E-state index in [1.165, 1.54) is 12.8 Å². The average molecular weight is 165 g/mol. The molecule has 0 unspecified atom stereocenters. The number of furan rings is 1. The maximum absolute atomic E-state index is 5.82. The van der Waals surface area contributed by atoms with Gasteiger partial charge in [0, 0.05) is 12.0 Å². The van der Waals surface area contributed by atoms with E-state index in [1.807, 2.05) is 6.07 Å². The predicted molar refractivity (Wildman–Crippen MR) is 47.9 cm³/mol. The zero-order valence-electron chi connectivity index (χ0n) is 7.20. The summed E-state index contributed by atoms with van der Waals surface area (Å²) in [6, 6.07) is 4.46. The zero-order chi connectivity index (χ0) is 8.39. The molecule has 1 aromatic heterocycles. The largest absolute Gasteiger partial charge is 0.469 e. The molecule has 1 aromatic rings. The van der Waals surface area contributed by atoms with E-state index in [0.717, 1.165) is 18.6 Å². The third-order valence-electron chi connectivity index (χ3n) is 2.72. The SMILES string of the molecule is NC1CCC(c2ccco2)CC1. The fraction of sp³-hybridized carbons (Fsp3) is 0.600. The molecule has 1 aliphatic rings. The second kappa shape index (κ2) is 3.31. The van der Waals surface area contributed by atoms with Crippen LogP contribution in [0.4, 0.5) is 0 Å². The van der Waals surface area contributed by atoms with E-state index in [1.54, 1.807) is 6.26 Å². The first-order chi connectivity index (χ1) is 5.86. The first-order valence-corrected chi connectivity index (χ1v) is 4.65. The van der Waals surface area contributed by atoms with Crippen LogP contribution in [0.25, 0.3) is 0 Å². The molecule has 1 heterocycles. The summed E-state index contributed by atoms with van der Waals surface area (Å²) in [6.45, 7) is 0. The summed E-state index contributed by atoms with van der Waals surface area (Å²) in [4.78, 5) is 0. The topological polar surface area (TPSA) is 39.2 Å². The summed E-state index contributed by atoms with van der Waals surface area (Å²) in [7, 11) is 0. The van der Waals surface area contributed by atoms with Crippen LogP contribution in [0, 0.1) is 0 Å². The summed E-state index contributed by atoms with van der Waals surface area (Å²) in [5, 5.41) is 0. The molecule has 0 amide bonds. The smallest absolute Gasteiger partial charge is 0.106 e. The van der Waals surface area contributed by atoms with Gasteiger partial charge in [-0.25, -0.2) is 0 Å². The lowest BCUT2D eigenvalue weighted by atomic mass is 9.85. The Kier molecular flexibility index (Phi) is 2.17. The molecular formula is C10H15NO. The Bertz CT molecular complexity index is 222. The van der Waals surface area contributed by atoms with Crippen molar-refractivity contribution in [3.05, 3.63) is 24.2 Å². The van der Waals surface area contributed by atoms with Crippen molar-refractivity contribution in [2.45, 2.75) is 37.6 Å². The molecule has 0 spiro atoms. The van der Waals surface area contributed by atoms with Gasteiger partial charge >= 0.3 is 0 Å². The van der Waals surface area contributed by atoms with Crippen molar-refractivity contribution < 1.29 is 4.42 Å². The molecule has 0 bridgehead atoms. The monoisotopic (exact) mass is 165 g/mol. The number of rotatable bonds is 1. The van der Waals surface area contributed by atoms with E-state index in [-0.39, 0.29) is 0 Å². The van der Waals surface area contributed by atoms with Crippen molar-refractivity contribution in [3.63, 3.8) is 0 Å². The Hall–Kier alpha value is -0.760. The van der Waals surface area contributed by atoms with Crippen LogP contribution >= 0.6 is 0 Å². The highest BCUT2D eigenvalue weighted by Gasteiger charge is 2.21. The van der Waals surface area contributed by atoms with Crippen LogP contribution in [0.1, 0.15) is 37.4 Å². The van der Waals surface area contributed by atoms with Gasteiger partial charge in [0.1, 0.15) is 5.76 Å². The van der Waals surface area contributed by atoms with Gasteiger partial charge in [-0.2, -0.15) is 0 Å². The molecule has 2 heteroatoms. The Labute approximate surface area is 72.7 Å². The van der Waals surface area contributed by atoms with E-state index >= 15 is 0 Å². The minimum absolute atomic E-state index is 0.427. The summed E-state index contributed by atoms with van der Waals surface area (Å²) < 4.78 is 5.37. The molecule has 0 saturated heterocycles. The number of nitrogens with two attached hydrogens (primary N) is 1.